The van der Waals surface area contributed by atoms with Crippen molar-refractivity contribution >= 4 is 11.4 Å². The van der Waals surface area contributed by atoms with Gasteiger partial charge < -0.3 is 5.32 Å². The van der Waals surface area contributed by atoms with Crippen molar-refractivity contribution in [1.82, 2.24) is 0 Å². The first-order valence-corrected chi connectivity index (χ1v) is 4.58. The maximum atomic E-state index is 10.7. The van der Waals surface area contributed by atoms with Crippen LogP contribution in [0.2, 0.25) is 0 Å². The van der Waals surface area contributed by atoms with Crippen LogP contribution in [0.25, 0.3) is 0 Å². The molecule has 15 heavy (non-hydrogen) atoms. The summed E-state index contributed by atoms with van der Waals surface area (Å²) < 4.78 is 0. The van der Waals surface area contributed by atoms with Gasteiger partial charge in [0, 0.05) is 18.5 Å². The highest BCUT2D eigenvalue weighted by Gasteiger charge is 2.13. The first-order valence-electron chi connectivity index (χ1n) is 4.58. The Balaban J connectivity index is 2.85. The molecule has 0 aliphatic heterocycles. The average molecular weight is 204 g/mol. The molecule has 78 valence electrons. The van der Waals surface area contributed by atoms with Crippen LogP contribution in [0, 0.1) is 22.5 Å². The van der Waals surface area contributed by atoms with Crippen LogP contribution in [0.15, 0.2) is 24.3 Å². The highest BCUT2D eigenvalue weighted by Crippen LogP contribution is 2.24. The number of rotatable bonds is 4. The predicted octanol–water partition coefficient (Wildman–Crippen LogP) is 2.42. The monoisotopic (exact) mass is 204 g/mol. The SMILES string of the molecule is C#CCC(C)Nc1ccccc1[N+](=O)[O-]. The molecule has 1 aromatic rings. The van der Waals surface area contributed by atoms with E-state index in [-0.39, 0.29) is 11.7 Å². The molecule has 0 aliphatic carbocycles. The van der Waals surface area contributed by atoms with E-state index in [4.69, 9.17) is 6.42 Å². The molecule has 4 nitrogen and oxygen atoms in total. The Bertz CT molecular complexity index is 396. The van der Waals surface area contributed by atoms with Crippen molar-refractivity contribution in [2.45, 2.75) is 19.4 Å². The highest BCUT2D eigenvalue weighted by atomic mass is 16.6. The lowest BCUT2D eigenvalue weighted by molar-refractivity contribution is -0.384. The topological polar surface area (TPSA) is 55.2 Å². The number of nitro benzene ring substituents is 1. The summed E-state index contributed by atoms with van der Waals surface area (Å²) in [6.07, 6.45) is 5.69. The molecule has 1 unspecified atom stereocenters. The number of para-hydroxylation sites is 2. The van der Waals surface area contributed by atoms with Crippen molar-refractivity contribution in [1.29, 1.82) is 0 Å². The number of nitrogens with one attached hydrogen (secondary N) is 1. The summed E-state index contributed by atoms with van der Waals surface area (Å²) in [5, 5.41) is 13.7. The van der Waals surface area contributed by atoms with Gasteiger partial charge in [-0.15, -0.1) is 12.3 Å². The van der Waals surface area contributed by atoms with Crippen LogP contribution in [-0.2, 0) is 0 Å². The number of nitrogens with zero attached hydrogens (tertiary/aromatic N) is 1. The lowest BCUT2D eigenvalue weighted by atomic mass is 10.2. The van der Waals surface area contributed by atoms with Gasteiger partial charge in [-0.3, -0.25) is 10.1 Å². The molecule has 1 N–H and O–H groups in total. The van der Waals surface area contributed by atoms with Crippen molar-refractivity contribution in [3.63, 3.8) is 0 Å². The Labute approximate surface area is 88.5 Å². The molecule has 0 fully saturated rings. The van der Waals surface area contributed by atoms with Gasteiger partial charge in [-0.2, -0.15) is 0 Å². The van der Waals surface area contributed by atoms with Crippen molar-refractivity contribution in [2.24, 2.45) is 0 Å². The Morgan fingerprint density at radius 2 is 2.27 bits per heavy atom. The standard InChI is InChI=1S/C11H12N2O2/c1-3-6-9(2)12-10-7-4-5-8-11(10)13(14)15/h1,4-5,7-9,12H,6H2,2H3. The van der Waals surface area contributed by atoms with Gasteiger partial charge in [-0.25, -0.2) is 0 Å². The van der Waals surface area contributed by atoms with Crippen LogP contribution in [0.4, 0.5) is 11.4 Å². The van der Waals surface area contributed by atoms with E-state index in [0.29, 0.717) is 12.1 Å². The number of anilines is 1. The van der Waals surface area contributed by atoms with Crippen LogP contribution < -0.4 is 5.32 Å². The van der Waals surface area contributed by atoms with Crippen LogP contribution in [0.1, 0.15) is 13.3 Å². The summed E-state index contributed by atoms with van der Waals surface area (Å²) in [5.41, 5.74) is 0.576. The van der Waals surface area contributed by atoms with Gasteiger partial charge in [-0.1, -0.05) is 12.1 Å². The molecular weight excluding hydrogens is 192 g/mol. The summed E-state index contributed by atoms with van der Waals surface area (Å²) >= 11 is 0. The van der Waals surface area contributed by atoms with E-state index >= 15 is 0 Å². The molecule has 0 spiro atoms. The first-order chi connectivity index (χ1) is 7.15. The largest absolute Gasteiger partial charge is 0.376 e. The maximum Gasteiger partial charge on any atom is 0.292 e. The van der Waals surface area contributed by atoms with E-state index in [9.17, 15) is 10.1 Å². The van der Waals surface area contributed by atoms with Gasteiger partial charge in [0.25, 0.3) is 5.69 Å². The van der Waals surface area contributed by atoms with E-state index in [0.717, 1.165) is 0 Å². The zero-order chi connectivity index (χ0) is 11.3. The van der Waals surface area contributed by atoms with Gasteiger partial charge >= 0.3 is 0 Å². The fourth-order valence-electron chi connectivity index (χ4n) is 1.25. The Morgan fingerprint density at radius 3 is 2.87 bits per heavy atom. The summed E-state index contributed by atoms with van der Waals surface area (Å²) in [5.74, 6) is 2.50. The quantitative estimate of drug-likeness (QED) is 0.465. The number of hydrogen-bond acceptors (Lipinski definition) is 3. The third-order valence-electron chi connectivity index (χ3n) is 1.93. The lowest BCUT2D eigenvalue weighted by Gasteiger charge is -2.12. The smallest absolute Gasteiger partial charge is 0.292 e. The van der Waals surface area contributed by atoms with Crippen LogP contribution in [-0.4, -0.2) is 11.0 Å². The Morgan fingerprint density at radius 1 is 1.60 bits per heavy atom. The van der Waals surface area contributed by atoms with Crippen molar-refractivity contribution < 1.29 is 4.92 Å². The molecule has 0 radical (unpaired) electrons. The Hall–Kier alpha value is -2.02. The van der Waals surface area contributed by atoms with Gasteiger partial charge in [0.2, 0.25) is 0 Å². The van der Waals surface area contributed by atoms with E-state index in [2.05, 4.69) is 11.2 Å². The number of benzene rings is 1. The molecule has 4 heteroatoms. The molecule has 0 aromatic heterocycles. The number of terminal acetylenes is 1. The summed E-state index contributed by atoms with van der Waals surface area (Å²) in [6, 6.07) is 6.54. The van der Waals surface area contributed by atoms with Crippen LogP contribution in [0.3, 0.4) is 0 Å². The second-order valence-electron chi connectivity index (χ2n) is 3.23. The molecule has 0 aliphatic rings. The van der Waals surface area contributed by atoms with Crippen molar-refractivity contribution in [3.8, 4) is 12.3 Å². The zero-order valence-electron chi connectivity index (χ0n) is 8.43. The zero-order valence-corrected chi connectivity index (χ0v) is 8.43. The molecule has 1 aromatic carbocycles. The van der Waals surface area contributed by atoms with Crippen LogP contribution >= 0.6 is 0 Å². The molecule has 0 bridgehead atoms. The minimum Gasteiger partial charge on any atom is -0.376 e. The minimum atomic E-state index is -0.412. The third-order valence-corrected chi connectivity index (χ3v) is 1.93. The van der Waals surface area contributed by atoms with Gasteiger partial charge in [0.1, 0.15) is 5.69 Å². The van der Waals surface area contributed by atoms with Gasteiger partial charge in [0.05, 0.1) is 4.92 Å². The molecule has 0 saturated heterocycles. The third kappa shape index (κ3) is 2.99. The van der Waals surface area contributed by atoms with E-state index in [1.807, 2.05) is 6.92 Å². The second-order valence-corrected chi connectivity index (χ2v) is 3.23. The fourth-order valence-corrected chi connectivity index (χ4v) is 1.25. The number of hydrogen-bond donors (Lipinski definition) is 1. The van der Waals surface area contributed by atoms with Crippen LogP contribution in [0.5, 0.6) is 0 Å². The van der Waals surface area contributed by atoms with Gasteiger partial charge in [0.15, 0.2) is 0 Å². The molecule has 0 amide bonds. The molecular formula is C11H12N2O2. The first kappa shape index (κ1) is 11.1. The summed E-state index contributed by atoms with van der Waals surface area (Å²) in [6.45, 7) is 1.89. The normalized spacial score (nSPS) is 11.5. The van der Waals surface area contributed by atoms with E-state index in [1.54, 1.807) is 18.2 Å². The predicted molar refractivity (Wildman–Crippen MR) is 59.6 cm³/mol. The maximum absolute atomic E-state index is 10.7. The van der Waals surface area contributed by atoms with E-state index < -0.39 is 4.92 Å². The van der Waals surface area contributed by atoms with Crippen molar-refractivity contribution in [3.05, 3.63) is 34.4 Å². The fraction of sp³-hybridized carbons (Fsp3) is 0.273. The minimum absolute atomic E-state index is 0.0242. The summed E-state index contributed by atoms with van der Waals surface area (Å²) in [7, 11) is 0. The molecule has 0 heterocycles. The number of nitro groups is 1. The molecule has 1 rings (SSSR count). The molecule has 1 atom stereocenters. The van der Waals surface area contributed by atoms with E-state index in [1.165, 1.54) is 6.07 Å². The summed E-state index contributed by atoms with van der Waals surface area (Å²) in [4.78, 5) is 10.3. The average Bonchev–Trinajstić information content (AvgIpc) is 2.18. The highest BCUT2D eigenvalue weighted by molar-refractivity contribution is 5.61. The molecule has 0 saturated carbocycles. The van der Waals surface area contributed by atoms with Gasteiger partial charge in [-0.05, 0) is 13.0 Å². The lowest BCUT2D eigenvalue weighted by Crippen LogP contribution is -2.14. The second kappa shape index (κ2) is 5.01. The Kier molecular flexibility index (Phi) is 3.69. The van der Waals surface area contributed by atoms with Crippen molar-refractivity contribution in [2.75, 3.05) is 5.32 Å².